The van der Waals surface area contributed by atoms with E-state index in [0.717, 1.165) is 57.8 Å². The summed E-state index contributed by atoms with van der Waals surface area (Å²) < 4.78 is 0. The van der Waals surface area contributed by atoms with Crippen LogP contribution in [0.5, 0.6) is 0 Å². The Morgan fingerprint density at radius 3 is 2.74 bits per heavy atom. The number of nitrogens with zero attached hydrogens (tertiary/aromatic N) is 3. The number of allylic oxidation sites excluding steroid dienone is 1. The Morgan fingerprint density at radius 1 is 1.19 bits per heavy atom. The number of benzene rings is 2. The van der Waals surface area contributed by atoms with Gasteiger partial charge in [0.2, 0.25) is 5.91 Å². The first kappa shape index (κ1) is 27.6. The smallest absolute Gasteiger partial charge is 0.318 e. The zero-order valence-corrected chi connectivity index (χ0v) is 24.0. The molecule has 2 aromatic carbocycles. The highest BCUT2D eigenvalue weighted by Gasteiger charge is 2.47. The number of carbonyl (C=O) groups excluding carboxylic acids is 3. The lowest BCUT2D eigenvalue weighted by Crippen LogP contribution is -2.56. The van der Waals surface area contributed by atoms with Crippen molar-refractivity contribution in [3.63, 3.8) is 0 Å². The fraction of sp³-hybridized carbons (Fsp3) is 0.324. The molecule has 0 radical (unpaired) electrons. The van der Waals surface area contributed by atoms with Crippen molar-refractivity contribution in [2.75, 3.05) is 0 Å². The first-order chi connectivity index (χ1) is 20.3. The maximum atomic E-state index is 13.7. The predicted octanol–water partition coefficient (Wildman–Crippen LogP) is 4.90. The van der Waals surface area contributed by atoms with Crippen molar-refractivity contribution in [3.05, 3.63) is 101 Å². The lowest BCUT2D eigenvalue weighted by Gasteiger charge is -2.44. The summed E-state index contributed by atoms with van der Waals surface area (Å²) >= 11 is 0. The molecule has 3 aromatic rings. The molecule has 214 valence electrons. The summed E-state index contributed by atoms with van der Waals surface area (Å²) in [6.45, 7) is 7.70. The van der Waals surface area contributed by atoms with Crippen molar-refractivity contribution in [2.24, 2.45) is 10.4 Å². The van der Waals surface area contributed by atoms with Crippen LogP contribution >= 0.6 is 0 Å². The van der Waals surface area contributed by atoms with Gasteiger partial charge in [-0.2, -0.15) is 0 Å². The number of aliphatic imine (C=N–C) groups is 1. The Hall–Kier alpha value is -4.59. The number of nitrogens with one attached hydrogen (secondary N) is 2. The van der Waals surface area contributed by atoms with Gasteiger partial charge in [-0.1, -0.05) is 36.9 Å². The van der Waals surface area contributed by atoms with Crippen LogP contribution in [0.15, 0.2) is 78.2 Å². The monoisotopic (exact) mass is 561 g/mol. The number of rotatable bonds is 7. The third kappa shape index (κ3) is 4.70. The van der Waals surface area contributed by atoms with E-state index in [1.165, 1.54) is 0 Å². The summed E-state index contributed by atoms with van der Waals surface area (Å²) in [6, 6.07) is 13.8. The Morgan fingerprint density at radius 2 is 1.98 bits per heavy atom. The average molecular weight is 562 g/mol. The molecule has 1 aliphatic heterocycles. The number of pyridine rings is 1. The molecule has 8 heteroatoms. The molecule has 0 saturated heterocycles. The summed E-state index contributed by atoms with van der Waals surface area (Å²) in [6.07, 6.45) is 11.2. The molecule has 2 heterocycles. The zero-order valence-electron chi connectivity index (χ0n) is 24.0. The minimum atomic E-state index is -1.07. The highest BCUT2D eigenvalue weighted by atomic mass is 16.2. The summed E-state index contributed by atoms with van der Waals surface area (Å²) in [7, 11) is 0. The molecule has 3 aliphatic rings. The van der Waals surface area contributed by atoms with Gasteiger partial charge < -0.3 is 20.3 Å². The first-order valence-corrected chi connectivity index (χ1v) is 14.5. The van der Waals surface area contributed by atoms with Gasteiger partial charge in [0, 0.05) is 23.8 Å². The Labute approximate surface area is 245 Å². The molecule has 0 fully saturated rings. The normalized spacial score (nSPS) is 22.6. The molecular formula is C34H35N5O3. The highest BCUT2D eigenvalue weighted by molar-refractivity contribution is 5.92. The molecular weight excluding hydrogens is 526 g/mol. The summed E-state index contributed by atoms with van der Waals surface area (Å²) in [5.41, 5.74) is 4.12. The van der Waals surface area contributed by atoms with Crippen LogP contribution in [0.2, 0.25) is 0 Å². The van der Waals surface area contributed by atoms with Crippen molar-refractivity contribution in [1.82, 2.24) is 20.5 Å². The van der Waals surface area contributed by atoms with E-state index in [-0.39, 0.29) is 24.5 Å². The van der Waals surface area contributed by atoms with Crippen LogP contribution in [-0.4, -0.2) is 40.4 Å². The van der Waals surface area contributed by atoms with Gasteiger partial charge in [-0.25, -0.2) is 9.79 Å². The number of amides is 3. The number of urea groups is 1. The lowest BCUT2D eigenvalue weighted by atomic mass is 9.76. The van der Waals surface area contributed by atoms with E-state index >= 15 is 0 Å². The topological polar surface area (TPSA) is 104 Å². The van der Waals surface area contributed by atoms with Crippen LogP contribution in [0.1, 0.15) is 54.5 Å². The van der Waals surface area contributed by atoms with Gasteiger partial charge in [0.1, 0.15) is 17.6 Å². The standard InChI is InChI=1S/C34H35N5O3/c1-4-12-35-30-18-33(31(41)38-30)16-26-14-25-13-23(19-36-29(25)15-27(26)17-33)20-39(32(42)37-22(2)3)34(21-40)11-7-9-24-8-5-6-10-28(24)34/h4-6,8,10,12-15,18-19,21-22H,1,7,9,11,16-17,20H2,2-3H3,(H,37,42)(H,38,41)/b35-12-/t33-,34+/m0/s1. The van der Waals surface area contributed by atoms with Crippen LogP contribution in [-0.2, 0) is 40.9 Å². The summed E-state index contributed by atoms with van der Waals surface area (Å²) in [5, 5.41) is 6.84. The maximum absolute atomic E-state index is 13.7. The fourth-order valence-corrected chi connectivity index (χ4v) is 6.75. The third-order valence-electron chi connectivity index (χ3n) is 8.66. The molecule has 6 rings (SSSR count). The van der Waals surface area contributed by atoms with E-state index in [1.54, 1.807) is 23.4 Å². The van der Waals surface area contributed by atoms with Crippen LogP contribution in [0, 0.1) is 5.41 Å². The quantitative estimate of drug-likeness (QED) is 0.316. The molecule has 1 spiro atoms. The van der Waals surface area contributed by atoms with Gasteiger partial charge >= 0.3 is 6.03 Å². The molecule has 2 N–H and O–H groups in total. The number of aromatic nitrogens is 1. The Balaban J connectivity index is 1.35. The van der Waals surface area contributed by atoms with Crippen LogP contribution in [0.3, 0.4) is 0 Å². The Kier molecular flexibility index (Phi) is 7.01. The number of carbonyl (C=O) groups is 3. The molecule has 0 saturated carbocycles. The molecule has 8 nitrogen and oxygen atoms in total. The molecule has 2 atom stereocenters. The molecule has 2 aliphatic carbocycles. The van der Waals surface area contributed by atoms with Gasteiger partial charge in [0.25, 0.3) is 0 Å². The van der Waals surface area contributed by atoms with E-state index in [0.29, 0.717) is 25.1 Å². The molecule has 0 unspecified atom stereocenters. The lowest BCUT2D eigenvalue weighted by molar-refractivity contribution is -0.126. The van der Waals surface area contributed by atoms with E-state index in [2.05, 4.69) is 34.3 Å². The van der Waals surface area contributed by atoms with Crippen molar-refractivity contribution >= 4 is 35.3 Å². The van der Waals surface area contributed by atoms with E-state index in [9.17, 15) is 14.4 Å². The van der Waals surface area contributed by atoms with Crippen LogP contribution < -0.4 is 10.6 Å². The van der Waals surface area contributed by atoms with Crippen LogP contribution in [0.4, 0.5) is 4.79 Å². The van der Waals surface area contributed by atoms with Gasteiger partial charge in [0.15, 0.2) is 0 Å². The minimum absolute atomic E-state index is 0.0497. The van der Waals surface area contributed by atoms with Crippen molar-refractivity contribution < 1.29 is 14.4 Å². The fourth-order valence-electron chi connectivity index (χ4n) is 6.75. The average Bonchev–Trinajstić information content (AvgIpc) is 3.49. The molecule has 1 aromatic heterocycles. The second-order valence-corrected chi connectivity index (χ2v) is 11.9. The number of aldehydes is 1. The SMILES string of the molecule is C=C/C=N\C1=C[C@@]2(Cc3cc4cc(CN(C(=O)NC(C)C)[C@@]5(C=O)CCCc6ccccc65)cnc4cc3C2)C(=O)N1. The number of fused-ring (bicyclic) bond motifs is 3. The van der Waals surface area contributed by atoms with Crippen molar-refractivity contribution in [2.45, 2.75) is 64.1 Å². The Bertz CT molecular complexity index is 1670. The highest BCUT2D eigenvalue weighted by Crippen LogP contribution is 2.44. The predicted molar refractivity (Wildman–Crippen MR) is 163 cm³/mol. The zero-order chi connectivity index (χ0) is 29.5. The number of hydrogen-bond acceptors (Lipinski definition) is 5. The first-order valence-electron chi connectivity index (χ1n) is 14.5. The van der Waals surface area contributed by atoms with Gasteiger partial charge in [0.05, 0.1) is 17.5 Å². The van der Waals surface area contributed by atoms with E-state index < -0.39 is 11.0 Å². The van der Waals surface area contributed by atoms with Crippen molar-refractivity contribution in [1.29, 1.82) is 0 Å². The second kappa shape index (κ2) is 10.7. The van der Waals surface area contributed by atoms with Gasteiger partial charge in [-0.15, -0.1) is 0 Å². The maximum Gasteiger partial charge on any atom is 0.318 e. The largest absolute Gasteiger partial charge is 0.336 e. The summed E-state index contributed by atoms with van der Waals surface area (Å²) in [4.78, 5) is 50.4. The van der Waals surface area contributed by atoms with E-state index in [1.807, 2.05) is 50.3 Å². The third-order valence-corrected chi connectivity index (χ3v) is 8.66. The van der Waals surface area contributed by atoms with E-state index in [4.69, 9.17) is 4.98 Å². The summed E-state index contributed by atoms with van der Waals surface area (Å²) in [5.74, 6) is 0.497. The van der Waals surface area contributed by atoms with Gasteiger partial charge in [-0.05, 0) is 98.0 Å². The molecule has 3 amide bonds. The van der Waals surface area contributed by atoms with Crippen molar-refractivity contribution in [3.8, 4) is 0 Å². The molecule has 42 heavy (non-hydrogen) atoms. The minimum Gasteiger partial charge on any atom is -0.336 e. The number of hydrogen-bond donors (Lipinski definition) is 2. The number of aryl methyl sites for hydroxylation is 1. The second-order valence-electron chi connectivity index (χ2n) is 11.9. The molecule has 0 bridgehead atoms. The van der Waals surface area contributed by atoms with Crippen LogP contribution in [0.25, 0.3) is 10.9 Å². The van der Waals surface area contributed by atoms with Gasteiger partial charge in [-0.3, -0.25) is 9.78 Å².